The molecule has 0 N–H and O–H groups in total. The Kier molecular flexibility index (Phi) is 2.72. The van der Waals surface area contributed by atoms with Gasteiger partial charge in [-0.25, -0.2) is 8.84 Å². The van der Waals surface area contributed by atoms with Gasteiger partial charge in [-0.05, 0) is 34.2 Å². The molecule has 0 spiro atoms. The SMILES string of the molecule is Fc1cc(Cl)cc2c1cnn2PI. The van der Waals surface area contributed by atoms with Gasteiger partial charge in [-0.1, -0.05) is 11.6 Å². The van der Waals surface area contributed by atoms with Crippen molar-refractivity contribution in [3.8, 4) is 0 Å². The Morgan fingerprint density at radius 1 is 1.54 bits per heavy atom. The first-order valence-corrected chi connectivity index (χ1v) is 7.86. The van der Waals surface area contributed by atoms with Gasteiger partial charge < -0.3 is 0 Å². The summed E-state index contributed by atoms with van der Waals surface area (Å²) in [4.78, 5) is 0. The van der Waals surface area contributed by atoms with Crippen LogP contribution < -0.4 is 0 Å². The van der Waals surface area contributed by atoms with Gasteiger partial charge >= 0.3 is 0 Å². The highest BCUT2D eigenvalue weighted by molar-refractivity contribution is 14.2. The molecular formula is C7H4ClFIN2P. The van der Waals surface area contributed by atoms with Crippen LogP contribution >= 0.6 is 40.0 Å². The van der Waals surface area contributed by atoms with E-state index in [9.17, 15) is 4.39 Å². The highest BCUT2D eigenvalue weighted by Crippen LogP contribution is 2.30. The third kappa shape index (κ3) is 1.67. The number of rotatable bonds is 1. The number of aromatic nitrogens is 2. The summed E-state index contributed by atoms with van der Waals surface area (Å²) in [6.45, 7) is 0. The quantitative estimate of drug-likeness (QED) is 0.577. The van der Waals surface area contributed by atoms with Crippen LogP contribution in [0.5, 0.6) is 0 Å². The molecule has 0 aliphatic heterocycles. The number of hydrogen-bond donors (Lipinski definition) is 0. The monoisotopic (exact) mass is 328 g/mol. The summed E-state index contributed by atoms with van der Waals surface area (Å²) in [7, 11) is 0. The van der Waals surface area contributed by atoms with E-state index in [4.69, 9.17) is 11.6 Å². The molecule has 1 heterocycles. The van der Waals surface area contributed by atoms with Crippen molar-refractivity contribution in [2.75, 3.05) is 0 Å². The predicted molar refractivity (Wildman–Crippen MR) is 62.4 cm³/mol. The molecule has 1 atom stereocenters. The first kappa shape index (κ1) is 9.62. The zero-order valence-electron chi connectivity index (χ0n) is 6.26. The van der Waals surface area contributed by atoms with Crippen LogP contribution in [-0.4, -0.2) is 9.55 Å². The number of benzene rings is 1. The first-order valence-electron chi connectivity index (χ1n) is 3.42. The fourth-order valence-electron chi connectivity index (χ4n) is 1.12. The summed E-state index contributed by atoms with van der Waals surface area (Å²) in [5.41, 5.74) is 0.748. The Balaban J connectivity index is 2.82. The smallest absolute Gasteiger partial charge is 0.135 e. The fourth-order valence-corrected chi connectivity index (χ4v) is 2.85. The normalized spacial score (nSPS) is 11.9. The highest BCUT2D eigenvalue weighted by Gasteiger charge is 2.07. The molecule has 0 fully saturated rings. The van der Waals surface area contributed by atoms with E-state index in [1.54, 1.807) is 10.5 Å². The van der Waals surface area contributed by atoms with Crippen molar-refractivity contribution in [3.63, 3.8) is 0 Å². The average Bonchev–Trinajstić information content (AvgIpc) is 2.47. The molecule has 0 bridgehead atoms. The standard InChI is InChI=1S/C7H4ClFIN2P/c8-4-1-6(9)5-3-11-12(13-10)7(5)2-4/h1-3,13H. The molecule has 2 aromatic rings. The summed E-state index contributed by atoms with van der Waals surface area (Å²) in [5, 5.41) is 4.96. The maximum atomic E-state index is 13.3. The van der Waals surface area contributed by atoms with E-state index in [0.717, 1.165) is 5.52 Å². The molecule has 0 amide bonds. The minimum Gasteiger partial charge on any atom is -0.237 e. The van der Waals surface area contributed by atoms with E-state index in [-0.39, 0.29) is 5.82 Å². The Labute approximate surface area is 93.8 Å². The molecule has 0 aliphatic carbocycles. The van der Waals surface area contributed by atoms with Crippen LogP contribution in [0.2, 0.25) is 5.02 Å². The van der Waals surface area contributed by atoms with Crippen LogP contribution in [-0.2, 0) is 0 Å². The Morgan fingerprint density at radius 2 is 2.31 bits per heavy atom. The van der Waals surface area contributed by atoms with E-state index in [1.807, 2.05) is 0 Å². The molecule has 2 nitrogen and oxygen atoms in total. The van der Waals surface area contributed by atoms with Gasteiger partial charge in [-0.15, -0.1) is 0 Å². The topological polar surface area (TPSA) is 17.8 Å². The van der Waals surface area contributed by atoms with Gasteiger partial charge in [-0.2, -0.15) is 5.10 Å². The molecule has 0 radical (unpaired) electrons. The summed E-state index contributed by atoms with van der Waals surface area (Å²) in [5.74, 6) is -0.316. The molecule has 13 heavy (non-hydrogen) atoms. The molecule has 1 aromatic carbocycles. The summed E-state index contributed by atoms with van der Waals surface area (Å²) >= 11 is 7.91. The summed E-state index contributed by atoms with van der Waals surface area (Å²) in [6, 6.07) is 3.02. The molecule has 0 aliphatic rings. The highest BCUT2D eigenvalue weighted by atomic mass is 127. The molecule has 0 saturated carbocycles. The van der Waals surface area contributed by atoms with E-state index in [1.165, 1.54) is 12.3 Å². The zero-order chi connectivity index (χ0) is 9.42. The second-order valence-corrected chi connectivity index (χ2v) is 4.94. The molecule has 2 rings (SSSR count). The van der Waals surface area contributed by atoms with Crippen LogP contribution in [0, 0.1) is 5.82 Å². The third-order valence-electron chi connectivity index (χ3n) is 1.68. The van der Waals surface area contributed by atoms with Crippen molar-refractivity contribution < 1.29 is 4.39 Å². The van der Waals surface area contributed by atoms with Crippen molar-refractivity contribution in [2.24, 2.45) is 0 Å². The van der Waals surface area contributed by atoms with Crippen LogP contribution in [0.25, 0.3) is 10.9 Å². The number of hydrogen-bond acceptors (Lipinski definition) is 1. The van der Waals surface area contributed by atoms with Crippen molar-refractivity contribution in [1.29, 1.82) is 0 Å². The van der Waals surface area contributed by atoms with Crippen molar-refractivity contribution in [2.45, 2.75) is 0 Å². The third-order valence-corrected chi connectivity index (χ3v) is 3.79. The molecule has 0 saturated heterocycles. The first-order chi connectivity index (χ1) is 6.22. The van der Waals surface area contributed by atoms with Crippen molar-refractivity contribution in [3.05, 3.63) is 29.2 Å². The van der Waals surface area contributed by atoms with E-state index in [2.05, 4.69) is 27.1 Å². The second-order valence-electron chi connectivity index (χ2n) is 2.46. The number of halogens is 3. The van der Waals surface area contributed by atoms with Gasteiger partial charge in [0, 0.05) is 5.02 Å². The zero-order valence-corrected chi connectivity index (χ0v) is 10.2. The van der Waals surface area contributed by atoms with Gasteiger partial charge in [0.25, 0.3) is 0 Å². The Morgan fingerprint density at radius 3 is 3.00 bits per heavy atom. The molecule has 1 unspecified atom stereocenters. The largest absolute Gasteiger partial charge is 0.237 e. The van der Waals surface area contributed by atoms with E-state index < -0.39 is 0 Å². The molecule has 6 heteroatoms. The summed E-state index contributed by atoms with van der Waals surface area (Å²) in [6.07, 6.45) is 1.97. The molecule has 1 aromatic heterocycles. The van der Waals surface area contributed by atoms with Gasteiger partial charge in [0.1, 0.15) is 5.82 Å². The number of nitrogens with zero attached hydrogens (tertiary/aromatic N) is 2. The van der Waals surface area contributed by atoms with Gasteiger partial charge in [-0.3, -0.25) is 0 Å². The van der Waals surface area contributed by atoms with Crippen LogP contribution in [0.3, 0.4) is 0 Å². The maximum absolute atomic E-state index is 13.3. The van der Waals surface area contributed by atoms with Crippen LogP contribution in [0.4, 0.5) is 4.39 Å². The lowest BCUT2D eigenvalue weighted by Crippen LogP contribution is -1.83. The summed E-state index contributed by atoms with van der Waals surface area (Å²) < 4.78 is 15.0. The lowest BCUT2D eigenvalue weighted by molar-refractivity contribution is 0.640. The second kappa shape index (κ2) is 3.67. The predicted octanol–water partition coefficient (Wildman–Crippen LogP) is 3.62. The van der Waals surface area contributed by atoms with Gasteiger partial charge in [0.05, 0.1) is 23.5 Å². The minimum absolute atomic E-state index is 0.316. The molecule has 68 valence electrons. The van der Waals surface area contributed by atoms with Crippen LogP contribution in [0.15, 0.2) is 18.3 Å². The Bertz CT molecular complexity index is 459. The van der Waals surface area contributed by atoms with E-state index in [0.29, 0.717) is 16.8 Å². The van der Waals surface area contributed by atoms with Crippen molar-refractivity contribution >= 4 is 50.9 Å². The van der Waals surface area contributed by atoms with Crippen molar-refractivity contribution in [1.82, 2.24) is 9.55 Å². The maximum Gasteiger partial charge on any atom is 0.135 e. The van der Waals surface area contributed by atoms with Gasteiger partial charge in [0.2, 0.25) is 0 Å². The molecular weight excluding hydrogens is 324 g/mol. The van der Waals surface area contributed by atoms with Gasteiger partial charge in [0.15, 0.2) is 0 Å². The fraction of sp³-hybridized carbons (Fsp3) is 0. The Hall–Kier alpha value is 0.0700. The number of fused-ring (bicyclic) bond motifs is 1. The lowest BCUT2D eigenvalue weighted by Gasteiger charge is -1.97. The average molecular weight is 328 g/mol. The van der Waals surface area contributed by atoms with E-state index >= 15 is 0 Å². The lowest BCUT2D eigenvalue weighted by atomic mass is 10.2. The minimum atomic E-state index is -0.316. The van der Waals surface area contributed by atoms with Crippen LogP contribution in [0.1, 0.15) is 0 Å².